The lowest BCUT2D eigenvalue weighted by Crippen LogP contribution is -2.10. The topological polar surface area (TPSA) is 23.6 Å². The summed E-state index contributed by atoms with van der Waals surface area (Å²) in [6.45, 7) is 9.09. The third-order valence-electron chi connectivity index (χ3n) is 15.8. The van der Waals surface area contributed by atoms with E-state index in [1.807, 2.05) is 0 Å². The molecule has 0 radical (unpaired) electrons. The normalized spacial score (nSPS) is 11.7. The zero-order chi connectivity index (χ0) is 52.5. The summed E-state index contributed by atoms with van der Waals surface area (Å²) in [7, 11) is 0. The van der Waals surface area contributed by atoms with Crippen molar-refractivity contribution in [1.82, 2.24) is 0 Å². The van der Waals surface area contributed by atoms with Crippen LogP contribution in [0.1, 0.15) is 169 Å². The van der Waals surface area contributed by atoms with Gasteiger partial charge in [0.1, 0.15) is 0 Å². The fourth-order valence-corrected chi connectivity index (χ4v) is 11.2. The maximum Gasteiger partial charge on any atom is 0.194 e. The molecule has 0 heterocycles. The van der Waals surface area contributed by atoms with E-state index >= 15 is 0 Å². The van der Waals surface area contributed by atoms with Gasteiger partial charge in [-0.05, 0) is 192 Å². The van der Waals surface area contributed by atoms with Crippen LogP contribution >= 0.6 is 0 Å². The van der Waals surface area contributed by atoms with Crippen molar-refractivity contribution in [2.45, 2.75) is 156 Å². The molecular formula is C73H82N2O. The molecule has 3 nitrogen and oxygen atoms in total. The van der Waals surface area contributed by atoms with Gasteiger partial charge in [0.25, 0.3) is 0 Å². The van der Waals surface area contributed by atoms with Gasteiger partial charge in [-0.2, -0.15) is 0 Å². The minimum atomic E-state index is 0.0875. The number of ketones is 1. The number of hydrogen-bond donors (Lipinski definition) is 0. The average Bonchev–Trinajstić information content (AvgIpc) is 3.75. The van der Waals surface area contributed by atoms with Crippen molar-refractivity contribution in [2.75, 3.05) is 9.80 Å². The third-order valence-corrected chi connectivity index (χ3v) is 15.8. The summed E-state index contributed by atoms with van der Waals surface area (Å²) in [5.41, 5.74) is 20.2. The Bertz CT molecular complexity index is 2740. The summed E-state index contributed by atoms with van der Waals surface area (Å²) in [4.78, 5) is 19.1. The zero-order valence-electron chi connectivity index (χ0n) is 46.3. The van der Waals surface area contributed by atoms with E-state index in [-0.39, 0.29) is 5.78 Å². The molecule has 0 amide bonds. The van der Waals surface area contributed by atoms with E-state index < -0.39 is 0 Å². The number of carbonyl (C=O) groups excluding carboxylic acids is 1. The zero-order valence-corrected chi connectivity index (χ0v) is 46.3. The fourth-order valence-electron chi connectivity index (χ4n) is 11.2. The van der Waals surface area contributed by atoms with Crippen LogP contribution in [-0.4, -0.2) is 5.78 Å². The monoisotopic (exact) mass is 1000 g/mol. The summed E-state index contributed by atoms with van der Waals surface area (Å²) in [5.74, 6) is 0.0875. The van der Waals surface area contributed by atoms with Gasteiger partial charge >= 0.3 is 0 Å². The van der Waals surface area contributed by atoms with Crippen molar-refractivity contribution >= 4 is 39.9 Å². The molecule has 0 N–H and O–H groups in total. The predicted octanol–water partition coefficient (Wildman–Crippen LogP) is 21.7. The Hall–Kier alpha value is -6.97. The molecule has 0 unspecified atom stereocenters. The van der Waals surface area contributed by atoms with E-state index in [9.17, 15) is 4.79 Å². The van der Waals surface area contributed by atoms with Crippen molar-refractivity contribution in [1.29, 1.82) is 0 Å². The van der Waals surface area contributed by atoms with E-state index in [0.717, 1.165) is 104 Å². The van der Waals surface area contributed by atoms with Gasteiger partial charge < -0.3 is 9.80 Å². The van der Waals surface area contributed by atoms with Gasteiger partial charge in [-0.15, -0.1) is 0 Å². The van der Waals surface area contributed by atoms with Gasteiger partial charge in [-0.25, -0.2) is 0 Å². The Kier molecular flexibility index (Phi) is 19.3. The van der Waals surface area contributed by atoms with E-state index in [2.05, 4.69) is 219 Å². The second-order valence-corrected chi connectivity index (χ2v) is 21.5. The first-order chi connectivity index (χ1) is 37.4. The number of fused-ring (bicyclic) bond motifs is 3. The number of unbranched alkanes of at least 4 members (excludes halogenated alkanes) is 12. The summed E-state index contributed by atoms with van der Waals surface area (Å²) >= 11 is 0. The van der Waals surface area contributed by atoms with Crippen molar-refractivity contribution in [3.8, 4) is 33.4 Å². The van der Waals surface area contributed by atoms with Gasteiger partial charge in [-0.1, -0.05) is 202 Å². The molecule has 0 saturated heterocycles. The Morgan fingerprint density at radius 1 is 0.250 bits per heavy atom. The predicted molar refractivity (Wildman–Crippen MR) is 327 cm³/mol. The highest BCUT2D eigenvalue weighted by molar-refractivity contribution is 6.22. The molecule has 8 aromatic rings. The first-order valence-electron chi connectivity index (χ1n) is 29.4. The lowest BCUT2D eigenvalue weighted by atomic mass is 9.97. The van der Waals surface area contributed by atoms with Crippen molar-refractivity contribution in [2.24, 2.45) is 0 Å². The van der Waals surface area contributed by atoms with Crippen LogP contribution in [0.2, 0.25) is 0 Å². The number of rotatable bonds is 28. The molecule has 0 bridgehead atoms. The number of hydrogen-bond acceptors (Lipinski definition) is 3. The lowest BCUT2D eigenvalue weighted by molar-refractivity contribution is 0.104. The maximum atomic E-state index is 14.4. The number of benzene rings is 8. The molecule has 0 spiro atoms. The Balaban J connectivity index is 0.926. The van der Waals surface area contributed by atoms with E-state index in [1.54, 1.807) is 0 Å². The molecule has 1 aliphatic rings. The molecule has 0 saturated carbocycles. The number of carbonyl (C=O) groups is 1. The molecule has 0 fully saturated rings. The summed E-state index contributed by atoms with van der Waals surface area (Å²) in [5, 5.41) is 0. The highest BCUT2D eigenvalue weighted by atomic mass is 16.1. The fraction of sp³-hybridized carbons (Fsp3) is 0.329. The molecule has 0 atom stereocenters. The van der Waals surface area contributed by atoms with Crippen LogP contribution in [0, 0.1) is 0 Å². The molecule has 0 aliphatic heterocycles. The van der Waals surface area contributed by atoms with Gasteiger partial charge in [-0.3, -0.25) is 4.79 Å². The van der Waals surface area contributed by atoms with Crippen LogP contribution in [0.15, 0.2) is 182 Å². The molecule has 9 rings (SSSR count). The highest BCUT2D eigenvalue weighted by Crippen LogP contribution is 2.43. The molecule has 3 heteroatoms. The molecule has 0 aromatic heterocycles. The standard InChI is InChI=1S/C73H82N2O/c1-5-9-13-17-21-55-25-39-63(40-26-55)74(64-41-27-56(28-42-64)22-18-14-10-6-2)67-47-33-59(34-48-67)61-37-51-69-70-52-38-62(54-72(70)73(76)71(69)53-61)60-35-49-68(50-36-60)75(65-43-29-57(30-44-65)23-19-15-11-7-3)66-45-31-58(32-46-66)24-20-16-12-8-4/h25-54H,5-24H2,1-4H3. The number of anilines is 6. The quantitative estimate of drug-likeness (QED) is 0.0457. The van der Waals surface area contributed by atoms with E-state index in [1.165, 1.54) is 125 Å². The second kappa shape index (κ2) is 27.2. The minimum absolute atomic E-state index is 0.0875. The van der Waals surface area contributed by atoms with E-state index in [4.69, 9.17) is 0 Å². The molecule has 76 heavy (non-hydrogen) atoms. The Morgan fingerprint density at radius 3 is 0.737 bits per heavy atom. The lowest BCUT2D eigenvalue weighted by Gasteiger charge is -2.26. The van der Waals surface area contributed by atoms with Crippen LogP contribution in [0.5, 0.6) is 0 Å². The van der Waals surface area contributed by atoms with E-state index in [0.29, 0.717) is 0 Å². The van der Waals surface area contributed by atoms with Crippen molar-refractivity contribution < 1.29 is 4.79 Å². The second-order valence-electron chi connectivity index (χ2n) is 21.5. The van der Waals surface area contributed by atoms with Gasteiger partial charge in [0.05, 0.1) is 0 Å². The highest BCUT2D eigenvalue weighted by Gasteiger charge is 2.28. The van der Waals surface area contributed by atoms with Gasteiger partial charge in [0.15, 0.2) is 5.78 Å². The number of aryl methyl sites for hydroxylation is 4. The van der Waals surface area contributed by atoms with Gasteiger partial charge in [0, 0.05) is 45.3 Å². The minimum Gasteiger partial charge on any atom is -0.311 e. The largest absolute Gasteiger partial charge is 0.311 e. The maximum absolute atomic E-state index is 14.4. The SMILES string of the molecule is CCCCCCc1ccc(N(c2ccc(CCCCCC)cc2)c2ccc(-c3ccc4c(c3)C(=O)c3cc(-c5ccc(N(c6ccc(CCCCCC)cc6)c6ccc(CCCCCC)cc6)cc5)ccc3-4)cc2)cc1. The van der Waals surface area contributed by atoms with Crippen LogP contribution in [0.4, 0.5) is 34.1 Å². The van der Waals surface area contributed by atoms with Crippen LogP contribution in [0.25, 0.3) is 33.4 Å². The molecule has 1 aliphatic carbocycles. The van der Waals surface area contributed by atoms with Crippen molar-refractivity contribution in [3.05, 3.63) is 215 Å². The summed E-state index contributed by atoms with van der Waals surface area (Å²) in [6.07, 6.45) is 24.8. The van der Waals surface area contributed by atoms with Crippen molar-refractivity contribution in [3.63, 3.8) is 0 Å². The first kappa shape index (κ1) is 53.8. The average molecular weight is 1000 g/mol. The van der Waals surface area contributed by atoms with Crippen LogP contribution in [0.3, 0.4) is 0 Å². The summed E-state index contributed by atoms with van der Waals surface area (Å²) < 4.78 is 0. The smallest absolute Gasteiger partial charge is 0.194 e. The first-order valence-corrected chi connectivity index (χ1v) is 29.4. The van der Waals surface area contributed by atoms with Crippen LogP contribution < -0.4 is 9.80 Å². The molecule has 390 valence electrons. The molecule has 8 aromatic carbocycles. The Labute approximate surface area is 457 Å². The summed E-state index contributed by atoms with van der Waals surface area (Å²) in [6, 6.07) is 67.3. The van der Waals surface area contributed by atoms with Gasteiger partial charge in [0.2, 0.25) is 0 Å². The third kappa shape index (κ3) is 13.5. The number of nitrogens with zero attached hydrogens (tertiary/aromatic N) is 2. The Morgan fingerprint density at radius 2 is 0.487 bits per heavy atom. The van der Waals surface area contributed by atoms with Crippen LogP contribution in [-0.2, 0) is 25.7 Å². The molecular weight excluding hydrogens is 921 g/mol.